The van der Waals surface area contributed by atoms with E-state index in [1.165, 1.54) is 6.07 Å². The smallest absolute Gasteiger partial charge is 0.191 e. The van der Waals surface area contributed by atoms with Gasteiger partial charge in [-0.05, 0) is 30.5 Å². The highest BCUT2D eigenvalue weighted by atomic mass is 127. The van der Waals surface area contributed by atoms with Crippen LogP contribution in [0.4, 0.5) is 4.39 Å². The van der Waals surface area contributed by atoms with Crippen LogP contribution in [0.25, 0.3) is 0 Å². The average molecular weight is 448 g/mol. The Morgan fingerprint density at radius 3 is 2.65 bits per heavy atom. The molecule has 7 heteroatoms. The molecule has 0 amide bonds. The summed E-state index contributed by atoms with van der Waals surface area (Å²) in [6.07, 6.45) is 0.960. The Morgan fingerprint density at radius 2 is 2.04 bits per heavy atom. The molecule has 0 aliphatic heterocycles. The lowest BCUT2D eigenvalue weighted by atomic mass is 10.1. The first-order valence-corrected chi connectivity index (χ1v) is 8.13. The highest BCUT2D eigenvalue weighted by Crippen LogP contribution is 2.10. The van der Waals surface area contributed by atoms with Crippen molar-refractivity contribution < 1.29 is 4.39 Å². The lowest BCUT2D eigenvalue weighted by molar-refractivity contribution is 0.617. The van der Waals surface area contributed by atoms with Crippen LogP contribution in [0.3, 0.4) is 0 Å². The average Bonchev–Trinajstić information content (AvgIpc) is 2.99. The molecule has 2 aromatic rings. The lowest BCUT2D eigenvalue weighted by Gasteiger charge is -2.11. The second kappa shape index (κ2) is 9.82. The summed E-state index contributed by atoms with van der Waals surface area (Å²) < 4.78 is 13.2. The summed E-state index contributed by atoms with van der Waals surface area (Å²) in [5, 5.41) is 9.64. The van der Waals surface area contributed by atoms with Gasteiger partial charge in [-0.25, -0.2) is 9.37 Å². The van der Waals surface area contributed by atoms with Crippen molar-refractivity contribution in [1.29, 1.82) is 0 Å². The van der Waals surface area contributed by atoms with Gasteiger partial charge in [-0.1, -0.05) is 19.1 Å². The maximum Gasteiger partial charge on any atom is 0.191 e. The minimum Gasteiger partial charge on any atom is -0.352 e. The van der Waals surface area contributed by atoms with Gasteiger partial charge in [0.05, 0.1) is 17.2 Å². The van der Waals surface area contributed by atoms with Gasteiger partial charge in [-0.15, -0.1) is 35.3 Å². The van der Waals surface area contributed by atoms with E-state index >= 15 is 0 Å². The van der Waals surface area contributed by atoms with Crippen LogP contribution in [0.15, 0.2) is 28.6 Å². The van der Waals surface area contributed by atoms with Gasteiger partial charge < -0.3 is 10.6 Å². The van der Waals surface area contributed by atoms with Gasteiger partial charge >= 0.3 is 0 Å². The van der Waals surface area contributed by atoms with Crippen LogP contribution < -0.4 is 10.6 Å². The molecule has 126 valence electrons. The predicted molar refractivity (Wildman–Crippen MR) is 105 cm³/mol. The van der Waals surface area contributed by atoms with E-state index in [1.54, 1.807) is 31.4 Å². The monoisotopic (exact) mass is 448 g/mol. The molecule has 23 heavy (non-hydrogen) atoms. The number of halogens is 2. The van der Waals surface area contributed by atoms with E-state index < -0.39 is 0 Å². The van der Waals surface area contributed by atoms with Gasteiger partial charge in [-0.3, -0.25) is 4.99 Å². The first-order valence-electron chi connectivity index (χ1n) is 7.25. The van der Waals surface area contributed by atoms with Crippen molar-refractivity contribution >= 4 is 41.3 Å². The SMILES string of the molecule is CCc1nc(CNC(=NC)NCc2ccc(F)c(C)c2)cs1.I. The number of hydrogen-bond donors (Lipinski definition) is 2. The fraction of sp³-hybridized carbons (Fsp3) is 0.375. The molecule has 0 spiro atoms. The quantitative estimate of drug-likeness (QED) is 0.417. The summed E-state index contributed by atoms with van der Waals surface area (Å²) in [6, 6.07) is 5.10. The first kappa shape index (κ1) is 19.8. The molecule has 0 unspecified atom stereocenters. The number of aliphatic imine (C=N–C) groups is 1. The molecule has 4 nitrogen and oxygen atoms in total. The van der Waals surface area contributed by atoms with Crippen LogP contribution in [0.1, 0.15) is 28.8 Å². The molecule has 1 aromatic heterocycles. The Kier molecular flexibility index (Phi) is 8.46. The van der Waals surface area contributed by atoms with Gasteiger partial charge in [0.25, 0.3) is 0 Å². The van der Waals surface area contributed by atoms with E-state index in [0.29, 0.717) is 24.6 Å². The Hall–Kier alpha value is -1.22. The summed E-state index contributed by atoms with van der Waals surface area (Å²) in [6.45, 7) is 5.09. The number of hydrogen-bond acceptors (Lipinski definition) is 3. The molecule has 2 N–H and O–H groups in total. The number of thiazole rings is 1. The minimum atomic E-state index is -0.179. The Balaban J connectivity index is 0.00000264. The van der Waals surface area contributed by atoms with Crippen molar-refractivity contribution in [1.82, 2.24) is 15.6 Å². The standard InChI is InChI=1S/C16H21FN4S.HI/c1-4-15-21-13(10-22-15)9-20-16(18-3)19-8-12-5-6-14(17)11(2)7-12;/h5-7,10H,4,8-9H2,1-3H3,(H2,18,19,20);1H. The van der Waals surface area contributed by atoms with Gasteiger partial charge in [0.2, 0.25) is 0 Å². The van der Waals surface area contributed by atoms with E-state index in [2.05, 4.69) is 32.9 Å². The molecule has 0 bridgehead atoms. The van der Waals surface area contributed by atoms with Crippen molar-refractivity contribution in [3.05, 3.63) is 51.2 Å². The van der Waals surface area contributed by atoms with E-state index in [1.807, 2.05) is 6.07 Å². The first-order chi connectivity index (χ1) is 10.6. The zero-order valence-electron chi connectivity index (χ0n) is 13.5. The molecule has 0 aliphatic rings. The maximum atomic E-state index is 13.2. The van der Waals surface area contributed by atoms with Gasteiger partial charge in [-0.2, -0.15) is 0 Å². The molecule has 0 aliphatic carbocycles. The number of aromatic nitrogens is 1. The van der Waals surface area contributed by atoms with Crippen molar-refractivity contribution in [3.8, 4) is 0 Å². The number of aryl methyl sites for hydroxylation is 2. The topological polar surface area (TPSA) is 49.3 Å². The summed E-state index contributed by atoms with van der Waals surface area (Å²) in [5.74, 6) is 0.523. The Labute approximate surface area is 157 Å². The molecular formula is C16H22FIN4S. The lowest BCUT2D eigenvalue weighted by Crippen LogP contribution is -2.36. The number of nitrogens with zero attached hydrogens (tertiary/aromatic N) is 2. The third-order valence-electron chi connectivity index (χ3n) is 3.24. The van der Waals surface area contributed by atoms with Gasteiger partial charge in [0, 0.05) is 19.0 Å². The summed E-state index contributed by atoms with van der Waals surface area (Å²) in [7, 11) is 1.73. The summed E-state index contributed by atoms with van der Waals surface area (Å²) in [4.78, 5) is 8.69. The molecule has 0 saturated carbocycles. The Bertz CT molecular complexity index is 657. The third kappa shape index (κ3) is 6.06. The number of rotatable bonds is 5. The van der Waals surface area contributed by atoms with Crippen LogP contribution in [0, 0.1) is 12.7 Å². The molecule has 0 fully saturated rings. The minimum absolute atomic E-state index is 0. The fourth-order valence-corrected chi connectivity index (χ4v) is 2.73. The molecular weight excluding hydrogens is 426 g/mol. The van der Waals surface area contributed by atoms with Crippen LogP contribution in [0.5, 0.6) is 0 Å². The molecule has 0 radical (unpaired) electrons. The summed E-state index contributed by atoms with van der Waals surface area (Å²) >= 11 is 1.68. The van der Waals surface area contributed by atoms with Crippen molar-refractivity contribution in [2.24, 2.45) is 4.99 Å². The molecule has 1 aromatic carbocycles. The van der Waals surface area contributed by atoms with Gasteiger partial charge in [0.15, 0.2) is 5.96 Å². The number of nitrogens with one attached hydrogen (secondary N) is 2. The highest BCUT2D eigenvalue weighted by Gasteiger charge is 2.03. The van der Waals surface area contributed by atoms with E-state index in [9.17, 15) is 4.39 Å². The van der Waals surface area contributed by atoms with Crippen molar-refractivity contribution in [2.75, 3.05) is 7.05 Å². The molecule has 1 heterocycles. The van der Waals surface area contributed by atoms with Crippen LogP contribution in [-0.2, 0) is 19.5 Å². The molecule has 0 saturated heterocycles. The van der Waals surface area contributed by atoms with Crippen LogP contribution >= 0.6 is 35.3 Å². The van der Waals surface area contributed by atoms with Crippen LogP contribution in [0.2, 0.25) is 0 Å². The number of guanidine groups is 1. The third-order valence-corrected chi connectivity index (χ3v) is 4.29. The zero-order valence-corrected chi connectivity index (χ0v) is 16.7. The highest BCUT2D eigenvalue weighted by molar-refractivity contribution is 14.0. The predicted octanol–water partition coefficient (Wildman–Crippen LogP) is 3.64. The summed E-state index contributed by atoms with van der Waals surface area (Å²) in [5.41, 5.74) is 2.68. The van der Waals surface area contributed by atoms with E-state index in [-0.39, 0.29) is 29.8 Å². The second-order valence-corrected chi connectivity index (χ2v) is 5.89. The fourth-order valence-electron chi connectivity index (χ4n) is 1.99. The van der Waals surface area contributed by atoms with E-state index in [4.69, 9.17) is 0 Å². The van der Waals surface area contributed by atoms with E-state index in [0.717, 1.165) is 22.7 Å². The van der Waals surface area contributed by atoms with Crippen molar-refractivity contribution in [2.45, 2.75) is 33.4 Å². The van der Waals surface area contributed by atoms with Crippen molar-refractivity contribution in [3.63, 3.8) is 0 Å². The normalized spacial score (nSPS) is 11.0. The molecule has 2 rings (SSSR count). The Morgan fingerprint density at radius 1 is 1.30 bits per heavy atom. The second-order valence-electron chi connectivity index (χ2n) is 4.95. The zero-order chi connectivity index (χ0) is 15.9. The van der Waals surface area contributed by atoms with Crippen LogP contribution in [-0.4, -0.2) is 18.0 Å². The maximum absolute atomic E-state index is 13.2. The number of benzene rings is 1. The van der Waals surface area contributed by atoms with Gasteiger partial charge in [0.1, 0.15) is 5.82 Å². The largest absolute Gasteiger partial charge is 0.352 e. The molecule has 0 atom stereocenters.